The molecule has 0 spiro atoms. The van der Waals surface area contributed by atoms with E-state index in [9.17, 15) is 0 Å². The Morgan fingerprint density at radius 3 is 2.00 bits per heavy atom. The van der Waals surface area contributed by atoms with Gasteiger partial charge in [0.05, 0.1) is 22.2 Å². The lowest BCUT2D eigenvalue weighted by molar-refractivity contribution is 0.661. The van der Waals surface area contributed by atoms with Crippen LogP contribution >= 0.6 is 0 Å². The van der Waals surface area contributed by atoms with Crippen molar-refractivity contribution in [2.45, 2.75) is 19.3 Å². The zero-order valence-corrected chi connectivity index (χ0v) is 27.8. The standard InChI is InChI=1S/C47H31N3/c1-47(2)36-22-12-10-20-33(36)42-37(47)26-25-35-40(42)31-18-8-9-19-32(31)41-34-21-11-13-23-39(34)50(45(35)41)46-48-38-27-24-28-14-6-7-17-30(28)43(38)44(49-46)29-15-4-3-5-16-29/h3-27H,1-2H3. The van der Waals surface area contributed by atoms with Crippen LogP contribution in [0.25, 0.3) is 93.4 Å². The maximum atomic E-state index is 5.53. The molecular formula is C47H31N3. The monoisotopic (exact) mass is 637 g/mol. The van der Waals surface area contributed by atoms with Crippen LogP contribution in [0.5, 0.6) is 0 Å². The number of hydrogen-bond donors (Lipinski definition) is 0. The summed E-state index contributed by atoms with van der Waals surface area (Å²) in [7, 11) is 0. The minimum Gasteiger partial charge on any atom is -0.277 e. The van der Waals surface area contributed by atoms with Crippen molar-refractivity contribution in [1.29, 1.82) is 0 Å². The van der Waals surface area contributed by atoms with Crippen molar-refractivity contribution in [3.8, 4) is 28.3 Å². The highest BCUT2D eigenvalue weighted by molar-refractivity contribution is 6.34. The fourth-order valence-electron chi connectivity index (χ4n) is 8.96. The summed E-state index contributed by atoms with van der Waals surface area (Å²) in [6.45, 7) is 4.72. The highest BCUT2D eigenvalue weighted by Crippen LogP contribution is 2.54. The van der Waals surface area contributed by atoms with Gasteiger partial charge in [-0.25, -0.2) is 9.97 Å². The second-order valence-electron chi connectivity index (χ2n) is 14.1. The molecule has 234 valence electrons. The van der Waals surface area contributed by atoms with Gasteiger partial charge in [-0.1, -0.05) is 153 Å². The molecular weight excluding hydrogens is 607 g/mol. The van der Waals surface area contributed by atoms with Gasteiger partial charge in [0, 0.05) is 32.5 Å². The Morgan fingerprint density at radius 2 is 1.16 bits per heavy atom. The van der Waals surface area contributed by atoms with E-state index in [1.165, 1.54) is 60.0 Å². The molecule has 0 saturated heterocycles. The van der Waals surface area contributed by atoms with E-state index < -0.39 is 0 Å². The van der Waals surface area contributed by atoms with E-state index in [2.05, 4.69) is 170 Å². The molecule has 3 nitrogen and oxygen atoms in total. The Labute approximate surface area is 289 Å². The molecule has 1 aliphatic carbocycles. The van der Waals surface area contributed by atoms with Crippen LogP contribution in [-0.4, -0.2) is 14.5 Å². The van der Waals surface area contributed by atoms with Crippen molar-refractivity contribution in [3.63, 3.8) is 0 Å². The Morgan fingerprint density at radius 1 is 0.480 bits per heavy atom. The second-order valence-corrected chi connectivity index (χ2v) is 14.1. The van der Waals surface area contributed by atoms with E-state index in [1.807, 2.05) is 0 Å². The van der Waals surface area contributed by atoms with Crippen molar-refractivity contribution in [3.05, 3.63) is 163 Å². The quantitative estimate of drug-likeness (QED) is 0.177. The van der Waals surface area contributed by atoms with Crippen LogP contribution in [0, 0.1) is 0 Å². The summed E-state index contributed by atoms with van der Waals surface area (Å²) in [5.41, 5.74) is 10.5. The van der Waals surface area contributed by atoms with Gasteiger partial charge in [-0.15, -0.1) is 0 Å². The highest BCUT2D eigenvalue weighted by atomic mass is 15.2. The van der Waals surface area contributed by atoms with Crippen LogP contribution < -0.4 is 0 Å². The van der Waals surface area contributed by atoms with Gasteiger partial charge < -0.3 is 0 Å². The second kappa shape index (κ2) is 9.87. The summed E-state index contributed by atoms with van der Waals surface area (Å²) in [5, 5.41) is 10.9. The van der Waals surface area contributed by atoms with Gasteiger partial charge in [0.25, 0.3) is 0 Å². The first-order chi connectivity index (χ1) is 24.6. The summed E-state index contributed by atoms with van der Waals surface area (Å²) >= 11 is 0. The SMILES string of the molecule is CC1(C)c2ccccc2-c2c1ccc1c2c2ccccc2c2c3ccccc3n(-c3nc(-c4ccccc4)c4c(ccc5ccccc54)n3)c12. The lowest BCUT2D eigenvalue weighted by Gasteiger charge is -2.22. The Hall–Kier alpha value is -6.32. The number of benzene rings is 8. The number of hydrogen-bond acceptors (Lipinski definition) is 2. The van der Waals surface area contributed by atoms with Crippen molar-refractivity contribution < 1.29 is 0 Å². The van der Waals surface area contributed by atoms with Gasteiger partial charge in [-0.2, -0.15) is 0 Å². The lowest BCUT2D eigenvalue weighted by Crippen LogP contribution is -2.14. The zero-order valence-electron chi connectivity index (χ0n) is 27.8. The molecule has 2 aromatic heterocycles. The van der Waals surface area contributed by atoms with Crippen molar-refractivity contribution in [1.82, 2.24) is 14.5 Å². The average molecular weight is 638 g/mol. The minimum absolute atomic E-state index is 0.0995. The molecule has 0 amide bonds. The maximum Gasteiger partial charge on any atom is 0.235 e. The Balaban J connectivity index is 1.36. The molecule has 0 N–H and O–H groups in total. The van der Waals surface area contributed by atoms with Crippen LogP contribution in [0.4, 0.5) is 0 Å². The van der Waals surface area contributed by atoms with Crippen LogP contribution in [0.15, 0.2) is 152 Å². The third kappa shape index (κ3) is 3.54. The molecule has 0 aliphatic heterocycles. The fraction of sp³-hybridized carbons (Fsp3) is 0.0638. The highest BCUT2D eigenvalue weighted by Gasteiger charge is 2.37. The maximum absolute atomic E-state index is 5.53. The average Bonchev–Trinajstić information content (AvgIpc) is 3.64. The first-order valence-corrected chi connectivity index (χ1v) is 17.4. The van der Waals surface area contributed by atoms with Gasteiger partial charge in [-0.05, 0) is 61.3 Å². The van der Waals surface area contributed by atoms with Gasteiger partial charge in [0.2, 0.25) is 5.95 Å². The van der Waals surface area contributed by atoms with Crippen molar-refractivity contribution >= 4 is 65.0 Å². The lowest BCUT2D eigenvalue weighted by atomic mass is 9.81. The molecule has 2 heterocycles. The molecule has 0 radical (unpaired) electrons. The molecule has 3 heteroatoms. The van der Waals surface area contributed by atoms with Gasteiger partial charge in [-0.3, -0.25) is 4.57 Å². The van der Waals surface area contributed by atoms with E-state index in [-0.39, 0.29) is 5.41 Å². The third-order valence-corrected chi connectivity index (χ3v) is 11.2. The van der Waals surface area contributed by atoms with Gasteiger partial charge in [0.1, 0.15) is 0 Å². The number of nitrogens with zero attached hydrogens (tertiary/aromatic N) is 3. The molecule has 50 heavy (non-hydrogen) atoms. The molecule has 11 rings (SSSR count). The van der Waals surface area contributed by atoms with E-state index in [0.29, 0.717) is 5.95 Å². The molecule has 0 fully saturated rings. The van der Waals surface area contributed by atoms with E-state index in [4.69, 9.17) is 9.97 Å². The zero-order chi connectivity index (χ0) is 33.1. The van der Waals surface area contributed by atoms with Crippen LogP contribution in [0.1, 0.15) is 25.0 Å². The summed E-state index contributed by atoms with van der Waals surface area (Å²) in [6.07, 6.45) is 0. The summed E-state index contributed by atoms with van der Waals surface area (Å²) < 4.78 is 2.33. The Kier molecular flexibility index (Phi) is 5.45. The van der Waals surface area contributed by atoms with Gasteiger partial charge >= 0.3 is 0 Å². The third-order valence-electron chi connectivity index (χ3n) is 11.2. The first kappa shape index (κ1) is 27.6. The normalized spacial score (nSPS) is 13.6. The van der Waals surface area contributed by atoms with E-state index >= 15 is 0 Å². The first-order valence-electron chi connectivity index (χ1n) is 17.4. The molecule has 10 aromatic rings. The molecule has 0 unspecified atom stereocenters. The van der Waals surface area contributed by atoms with Crippen LogP contribution in [0.2, 0.25) is 0 Å². The van der Waals surface area contributed by atoms with E-state index in [1.54, 1.807) is 0 Å². The van der Waals surface area contributed by atoms with Crippen molar-refractivity contribution in [2.75, 3.05) is 0 Å². The summed E-state index contributed by atoms with van der Waals surface area (Å²) in [5.74, 6) is 0.677. The molecule has 0 bridgehead atoms. The predicted octanol–water partition coefficient (Wildman–Crippen LogP) is 12.2. The summed E-state index contributed by atoms with van der Waals surface area (Å²) in [6, 6.07) is 54.8. The van der Waals surface area contributed by atoms with Gasteiger partial charge in [0.15, 0.2) is 0 Å². The number of para-hydroxylation sites is 1. The molecule has 1 aliphatic rings. The van der Waals surface area contributed by atoms with Crippen LogP contribution in [0.3, 0.4) is 0 Å². The predicted molar refractivity (Wildman–Crippen MR) is 209 cm³/mol. The molecule has 0 saturated carbocycles. The number of rotatable bonds is 2. The van der Waals surface area contributed by atoms with Crippen LogP contribution in [-0.2, 0) is 5.41 Å². The van der Waals surface area contributed by atoms with E-state index in [0.717, 1.165) is 38.6 Å². The largest absolute Gasteiger partial charge is 0.277 e. The number of aromatic nitrogens is 3. The smallest absolute Gasteiger partial charge is 0.235 e. The topological polar surface area (TPSA) is 30.7 Å². The fourth-order valence-corrected chi connectivity index (χ4v) is 8.96. The number of fused-ring (bicyclic) bond motifs is 15. The molecule has 0 atom stereocenters. The Bertz CT molecular complexity index is 3060. The van der Waals surface area contributed by atoms with Crippen molar-refractivity contribution in [2.24, 2.45) is 0 Å². The molecule has 8 aromatic carbocycles. The summed E-state index contributed by atoms with van der Waals surface area (Å²) in [4.78, 5) is 11.0. The minimum atomic E-state index is -0.0995.